The average Bonchev–Trinajstić information content (AvgIpc) is 2.36. The van der Waals surface area contributed by atoms with Crippen LogP contribution >= 0.6 is 11.6 Å². The summed E-state index contributed by atoms with van der Waals surface area (Å²) in [5.74, 6) is -0.447. The molecule has 2 rings (SSSR count). The Morgan fingerprint density at radius 1 is 1.55 bits per heavy atom. The maximum Gasteiger partial charge on any atom is 0.174 e. The monoisotopic (exact) mass is 169 g/mol. The molecular weight excluding hydrogens is 167 g/mol. The molecule has 1 aromatic heterocycles. The van der Waals surface area contributed by atoms with E-state index in [0.29, 0.717) is 11.0 Å². The van der Waals surface area contributed by atoms with E-state index in [9.17, 15) is 4.39 Å². The smallest absolute Gasteiger partial charge is 0.174 e. The van der Waals surface area contributed by atoms with E-state index in [1.54, 1.807) is 0 Å². The van der Waals surface area contributed by atoms with E-state index in [-0.39, 0.29) is 5.02 Å². The van der Waals surface area contributed by atoms with Crippen molar-refractivity contribution in [2.75, 3.05) is 0 Å². The van der Waals surface area contributed by atoms with Gasteiger partial charge in [0.2, 0.25) is 0 Å². The van der Waals surface area contributed by atoms with Crippen molar-refractivity contribution in [3.8, 4) is 0 Å². The molecule has 0 fully saturated rings. The van der Waals surface area contributed by atoms with Crippen molar-refractivity contribution < 1.29 is 4.39 Å². The van der Waals surface area contributed by atoms with Crippen molar-refractivity contribution >= 4 is 22.6 Å². The second-order valence-electron chi connectivity index (χ2n) is 2.13. The Kier molecular flexibility index (Phi) is 1.32. The van der Waals surface area contributed by atoms with Gasteiger partial charge < -0.3 is 4.98 Å². The summed E-state index contributed by atoms with van der Waals surface area (Å²) in [6, 6.07) is 2.75. The zero-order valence-electron chi connectivity index (χ0n) is 5.36. The van der Waals surface area contributed by atoms with Gasteiger partial charge in [-0.2, -0.15) is 0 Å². The van der Waals surface area contributed by atoms with Crippen molar-refractivity contribution in [1.82, 2.24) is 9.97 Å². The molecule has 0 bridgehead atoms. The van der Waals surface area contributed by atoms with Gasteiger partial charge in [0.15, 0.2) is 6.33 Å². The number of aromatic nitrogens is 2. The van der Waals surface area contributed by atoms with Crippen LogP contribution in [0.5, 0.6) is 0 Å². The van der Waals surface area contributed by atoms with Crippen LogP contribution in [0.4, 0.5) is 4.39 Å². The highest BCUT2D eigenvalue weighted by Gasteiger charge is 2.02. The van der Waals surface area contributed by atoms with E-state index >= 15 is 0 Å². The average molecular weight is 170 g/mol. The number of rotatable bonds is 0. The van der Waals surface area contributed by atoms with Crippen LogP contribution in [0.25, 0.3) is 11.0 Å². The number of hydrogen-bond donors (Lipinski definition) is 1. The Hall–Kier alpha value is -1.09. The van der Waals surface area contributed by atoms with Gasteiger partial charge in [-0.25, -0.2) is 9.37 Å². The second-order valence-corrected chi connectivity index (χ2v) is 2.54. The van der Waals surface area contributed by atoms with Crippen LogP contribution in [0.2, 0.25) is 5.02 Å². The lowest BCUT2D eigenvalue weighted by molar-refractivity contribution is 0.630. The largest absolute Gasteiger partial charge is 0.335 e. The normalized spacial score (nSPS) is 10.7. The number of aromatic amines is 1. The maximum absolute atomic E-state index is 12.7. The molecule has 0 unspecified atom stereocenters. The lowest BCUT2D eigenvalue weighted by atomic mass is 10.3. The molecule has 0 atom stereocenters. The number of imidazole rings is 1. The predicted octanol–water partition coefficient (Wildman–Crippen LogP) is 2.16. The quantitative estimate of drug-likeness (QED) is 0.643. The Labute approximate surface area is 67.0 Å². The molecule has 0 saturated carbocycles. The number of nitrogens with one attached hydrogen (secondary N) is 1. The molecule has 0 aliphatic carbocycles. The van der Waals surface area contributed by atoms with Gasteiger partial charge in [0, 0.05) is 6.07 Å². The van der Waals surface area contributed by atoms with Crippen LogP contribution in [0.1, 0.15) is 0 Å². The fraction of sp³-hybridized carbons (Fsp3) is 0. The fourth-order valence-electron chi connectivity index (χ4n) is 0.877. The SMILES string of the molecule is Fc1cc2[nH][c]nc2cc1Cl. The summed E-state index contributed by atoms with van der Waals surface area (Å²) < 4.78 is 12.7. The number of benzene rings is 1. The van der Waals surface area contributed by atoms with Crippen LogP contribution in [0.15, 0.2) is 12.1 Å². The summed E-state index contributed by atoms with van der Waals surface area (Å²) in [6.07, 6.45) is 2.49. The molecule has 1 radical (unpaired) electrons. The summed E-state index contributed by atoms with van der Waals surface area (Å²) >= 11 is 5.50. The van der Waals surface area contributed by atoms with Crippen molar-refractivity contribution in [1.29, 1.82) is 0 Å². The van der Waals surface area contributed by atoms with Gasteiger partial charge in [0.05, 0.1) is 16.1 Å². The van der Waals surface area contributed by atoms with Crippen molar-refractivity contribution in [3.05, 3.63) is 29.3 Å². The number of fused-ring (bicyclic) bond motifs is 1. The molecule has 11 heavy (non-hydrogen) atoms. The van der Waals surface area contributed by atoms with E-state index in [4.69, 9.17) is 11.6 Å². The Morgan fingerprint density at radius 2 is 2.36 bits per heavy atom. The number of H-pyrrole nitrogens is 1. The Bertz CT molecular complexity index is 360. The highest BCUT2D eigenvalue weighted by molar-refractivity contribution is 6.31. The fourth-order valence-corrected chi connectivity index (χ4v) is 1.04. The second kappa shape index (κ2) is 2.20. The Morgan fingerprint density at radius 3 is 3.18 bits per heavy atom. The summed E-state index contributed by atoms with van der Waals surface area (Å²) in [5.41, 5.74) is 1.23. The van der Waals surface area contributed by atoms with E-state index in [1.807, 2.05) is 0 Å². The van der Waals surface area contributed by atoms with Crippen molar-refractivity contribution in [2.45, 2.75) is 0 Å². The molecule has 2 aromatic rings. The van der Waals surface area contributed by atoms with Crippen LogP contribution in [-0.2, 0) is 0 Å². The molecule has 1 aromatic carbocycles. The summed E-state index contributed by atoms with van der Waals surface area (Å²) in [7, 11) is 0. The minimum Gasteiger partial charge on any atom is -0.335 e. The molecule has 0 amide bonds. The van der Waals surface area contributed by atoms with E-state index < -0.39 is 5.82 Å². The van der Waals surface area contributed by atoms with Gasteiger partial charge in [0.25, 0.3) is 0 Å². The molecule has 0 aliphatic heterocycles. The first-order chi connectivity index (χ1) is 5.27. The highest BCUT2D eigenvalue weighted by Crippen LogP contribution is 2.19. The first-order valence-corrected chi connectivity index (χ1v) is 3.36. The molecule has 1 N–H and O–H groups in total. The van der Waals surface area contributed by atoms with Crippen molar-refractivity contribution in [3.63, 3.8) is 0 Å². The lowest BCUT2D eigenvalue weighted by Gasteiger charge is -1.91. The summed E-state index contributed by atoms with van der Waals surface area (Å²) in [4.78, 5) is 6.44. The van der Waals surface area contributed by atoms with Crippen LogP contribution in [0, 0.1) is 12.1 Å². The number of nitrogens with zero attached hydrogens (tertiary/aromatic N) is 1. The third-order valence-electron chi connectivity index (χ3n) is 1.41. The van der Waals surface area contributed by atoms with E-state index in [0.717, 1.165) is 0 Å². The van der Waals surface area contributed by atoms with Crippen LogP contribution in [0.3, 0.4) is 0 Å². The molecule has 2 nitrogen and oxygen atoms in total. The number of halogens is 2. The molecule has 1 heterocycles. The van der Waals surface area contributed by atoms with Gasteiger partial charge >= 0.3 is 0 Å². The summed E-state index contributed by atoms with van der Waals surface area (Å²) in [6.45, 7) is 0. The van der Waals surface area contributed by atoms with Gasteiger partial charge in [-0.15, -0.1) is 0 Å². The molecule has 4 heteroatoms. The first-order valence-electron chi connectivity index (χ1n) is 2.98. The molecule has 0 saturated heterocycles. The maximum atomic E-state index is 12.7. The predicted molar refractivity (Wildman–Crippen MR) is 39.9 cm³/mol. The lowest BCUT2D eigenvalue weighted by Crippen LogP contribution is -1.76. The zero-order chi connectivity index (χ0) is 7.84. The topological polar surface area (TPSA) is 28.7 Å². The molecule has 0 spiro atoms. The minimum atomic E-state index is -0.447. The van der Waals surface area contributed by atoms with Gasteiger partial charge in [0.1, 0.15) is 5.82 Å². The van der Waals surface area contributed by atoms with E-state index in [1.165, 1.54) is 12.1 Å². The number of hydrogen-bond acceptors (Lipinski definition) is 1. The standard InChI is InChI=1S/C7H3ClFN2/c8-4-1-6-7(2-5(4)9)11-3-10-6/h1-2H,(H,10,11). The van der Waals surface area contributed by atoms with E-state index in [2.05, 4.69) is 16.3 Å². The molecule has 0 aliphatic rings. The van der Waals surface area contributed by atoms with Gasteiger partial charge in [-0.1, -0.05) is 11.6 Å². The molecular formula is C7H3ClFN2. The third kappa shape index (κ3) is 0.973. The summed E-state index contributed by atoms with van der Waals surface area (Å²) in [5, 5.41) is 0.0815. The van der Waals surface area contributed by atoms with Crippen LogP contribution < -0.4 is 0 Å². The minimum absolute atomic E-state index is 0.0815. The van der Waals surface area contributed by atoms with Gasteiger partial charge in [-0.3, -0.25) is 0 Å². The Balaban J connectivity index is 2.86. The third-order valence-corrected chi connectivity index (χ3v) is 1.70. The van der Waals surface area contributed by atoms with Crippen LogP contribution in [-0.4, -0.2) is 9.97 Å². The molecule has 55 valence electrons. The highest BCUT2D eigenvalue weighted by atomic mass is 35.5. The first kappa shape index (κ1) is 6.61. The zero-order valence-corrected chi connectivity index (χ0v) is 6.11. The van der Waals surface area contributed by atoms with Crippen molar-refractivity contribution in [2.24, 2.45) is 0 Å². The van der Waals surface area contributed by atoms with Gasteiger partial charge in [-0.05, 0) is 6.07 Å².